The molecule has 0 aliphatic carbocycles. The van der Waals surface area contributed by atoms with Gasteiger partial charge in [-0.1, -0.05) is 20.3 Å². The minimum Gasteiger partial charge on any atom is -0.395 e. The van der Waals surface area contributed by atoms with E-state index >= 15 is 0 Å². The monoisotopic (exact) mass is 245 g/mol. The fraction of sp³-hybridized carbons (Fsp3) is 0.917. The number of amidine groups is 1. The van der Waals surface area contributed by atoms with E-state index < -0.39 is 0 Å². The maximum absolute atomic E-state index is 8.85. The SMILES string of the molecule is CC(C)(CCCCN(CCO)CCO)C(=N)N. The topological polar surface area (TPSA) is 93.6 Å². The van der Waals surface area contributed by atoms with E-state index in [9.17, 15) is 0 Å². The van der Waals surface area contributed by atoms with Crippen LogP contribution in [0.15, 0.2) is 0 Å². The van der Waals surface area contributed by atoms with Crippen LogP contribution in [-0.2, 0) is 0 Å². The molecule has 102 valence electrons. The van der Waals surface area contributed by atoms with Gasteiger partial charge in [-0.2, -0.15) is 0 Å². The second kappa shape index (κ2) is 8.44. The predicted molar refractivity (Wildman–Crippen MR) is 70.2 cm³/mol. The van der Waals surface area contributed by atoms with E-state index in [1.54, 1.807) is 0 Å². The standard InChI is InChI=1S/C12H27N3O2/c1-12(2,11(13)14)5-3-4-6-15(7-9-16)8-10-17/h16-17H,3-10H2,1-2H3,(H3,13,14). The first-order valence-corrected chi connectivity index (χ1v) is 6.22. The fourth-order valence-corrected chi connectivity index (χ4v) is 1.66. The van der Waals surface area contributed by atoms with Crippen LogP contribution in [0.25, 0.3) is 0 Å². The average molecular weight is 245 g/mol. The van der Waals surface area contributed by atoms with Crippen LogP contribution in [0.2, 0.25) is 0 Å². The van der Waals surface area contributed by atoms with Gasteiger partial charge in [0.15, 0.2) is 0 Å². The van der Waals surface area contributed by atoms with Gasteiger partial charge >= 0.3 is 0 Å². The Labute approximate surface area is 104 Å². The normalized spacial score (nSPS) is 12.1. The summed E-state index contributed by atoms with van der Waals surface area (Å²) in [5.74, 6) is 0.236. The van der Waals surface area contributed by atoms with Gasteiger partial charge in [-0.15, -0.1) is 0 Å². The molecule has 0 aliphatic heterocycles. The van der Waals surface area contributed by atoms with Crippen molar-refractivity contribution >= 4 is 5.84 Å². The van der Waals surface area contributed by atoms with Crippen LogP contribution in [0.4, 0.5) is 0 Å². The van der Waals surface area contributed by atoms with Crippen molar-refractivity contribution in [1.82, 2.24) is 4.90 Å². The smallest absolute Gasteiger partial charge is 0.0963 e. The number of nitrogens with zero attached hydrogens (tertiary/aromatic N) is 1. The predicted octanol–water partition coefficient (Wildman–Crippen LogP) is 0.405. The number of aliphatic hydroxyl groups excluding tert-OH is 2. The van der Waals surface area contributed by atoms with Crippen LogP contribution in [0, 0.1) is 10.8 Å². The Balaban J connectivity index is 3.77. The van der Waals surface area contributed by atoms with Gasteiger partial charge in [-0.05, 0) is 19.4 Å². The molecule has 0 atom stereocenters. The summed E-state index contributed by atoms with van der Waals surface area (Å²) in [6.07, 6.45) is 2.89. The Morgan fingerprint density at radius 1 is 1.12 bits per heavy atom. The van der Waals surface area contributed by atoms with Gasteiger partial charge < -0.3 is 15.9 Å². The lowest BCUT2D eigenvalue weighted by atomic mass is 9.86. The van der Waals surface area contributed by atoms with Crippen molar-refractivity contribution in [3.8, 4) is 0 Å². The van der Waals surface area contributed by atoms with Crippen molar-refractivity contribution in [2.75, 3.05) is 32.8 Å². The molecule has 0 saturated heterocycles. The summed E-state index contributed by atoms with van der Waals surface area (Å²) in [7, 11) is 0. The Kier molecular flexibility index (Phi) is 8.12. The third-order valence-corrected chi connectivity index (χ3v) is 3.09. The largest absolute Gasteiger partial charge is 0.395 e. The lowest BCUT2D eigenvalue weighted by Gasteiger charge is -2.24. The van der Waals surface area contributed by atoms with Crippen molar-refractivity contribution in [1.29, 1.82) is 5.41 Å². The molecule has 5 nitrogen and oxygen atoms in total. The molecule has 0 rings (SSSR count). The van der Waals surface area contributed by atoms with Gasteiger partial charge in [0, 0.05) is 18.5 Å². The molecule has 0 radical (unpaired) electrons. The van der Waals surface area contributed by atoms with Crippen molar-refractivity contribution < 1.29 is 10.2 Å². The van der Waals surface area contributed by atoms with Gasteiger partial charge in [0.05, 0.1) is 19.0 Å². The van der Waals surface area contributed by atoms with E-state index in [-0.39, 0.29) is 24.5 Å². The van der Waals surface area contributed by atoms with Crippen molar-refractivity contribution in [2.24, 2.45) is 11.1 Å². The van der Waals surface area contributed by atoms with Crippen molar-refractivity contribution in [2.45, 2.75) is 33.1 Å². The quantitative estimate of drug-likeness (QED) is 0.255. The van der Waals surface area contributed by atoms with Gasteiger partial charge in [-0.25, -0.2) is 0 Å². The highest BCUT2D eigenvalue weighted by molar-refractivity contribution is 5.82. The zero-order valence-corrected chi connectivity index (χ0v) is 11.1. The summed E-state index contributed by atoms with van der Waals surface area (Å²) in [6.45, 7) is 6.30. The van der Waals surface area contributed by atoms with E-state index in [0.29, 0.717) is 13.1 Å². The van der Waals surface area contributed by atoms with Crippen LogP contribution in [-0.4, -0.2) is 53.8 Å². The van der Waals surface area contributed by atoms with Crippen LogP contribution < -0.4 is 5.73 Å². The molecule has 0 bridgehead atoms. The van der Waals surface area contributed by atoms with E-state index in [2.05, 4.69) is 0 Å². The van der Waals surface area contributed by atoms with Crippen molar-refractivity contribution in [3.63, 3.8) is 0 Å². The molecule has 0 aromatic heterocycles. The highest BCUT2D eigenvalue weighted by atomic mass is 16.3. The lowest BCUT2D eigenvalue weighted by molar-refractivity contribution is 0.158. The molecule has 0 aromatic carbocycles. The summed E-state index contributed by atoms with van der Waals surface area (Å²) in [5, 5.41) is 25.2. The first-order chi connectivity index (χ1) is 7.94. The summed E-state index contributed by atoms with van der Waals surface area (Å²) < 4.78 is 0. The first-order valence-electron chi connectivity index (χ1n) is 6.22. The first kappa shape index (κ1) is 16.4. The third kappa shape index (κ3) is 7.31. The molecule has 5 N–H and O–H groups in total. The lowest BCUT2D eigenvalue weighted by Crippen LogP contribution is -2.32. The molecule has 0 amide bonds. The molecular formula is C12H27N3O2. The summed E-state index contributed by atoms with van der Waals surface area (Å²) >= 11 is 0. The summed E-state index contributed by atoms with van der Waals surface area (Å²) in [4.78, 5) is 2.04. The van der Waals surface area contributed by atoms with E-state index in [1.807, 2.05) is 18.7 Å². The number of hydrogen-bond donors (Lipinski definition) is 4. The second-order valence-corrected chi connectivity index (χ2v) is 5.04. The molecule has 0 unspecified atom stereocenters. The van der Waals surface area contributed by atoms with Crippen LogP contribution in [0.5, 0.6) is 0 Å². The zero-order valence-electron chi connectivity index (χ0n) is 11.1. The number of rotatable bonds is 10. The second-order valence-electron chi connectivity index (χ2n) is 5.04. The Hall–Kier alpha value is -0.650. The molecule has 17 heavy (non-hydrogen) atoms. The average Bonchev–Trinajstić information content (AvgIpc) is 2.24. The molecule has 0 spiro atoms. The fourth-order valence-electron chi connectivity index (χ4n) is 1.66. The Morgan fingerprint density at radius 3 is 2.06 bits per heavy atom. The molecule has 0 fully saturated rings. The summed E-state index contributed by atoms with van der Waals surface area (Å²) in [5.41, 5.74) is 5.29. The molecular weight excluding hydrogens is 218 g/mol. The van der Waals surface area contributed by atoms with Crippen LogP contribution >= 0.6 is 0 Å². The van der Waals surface area contributed by atoms with Gasteiger partial charge in [0.1, 0.15) is 0 Å². The minimum absolute atomic E-state index is 0.124. The minimum atomic E-state index is -0.223. The van der Waals surface area contributed by atoms with Crippen LogP contribution in [0.3, 0.4) is 0 Å². The number of aliphatic hydroxyl groups is 2. The maximum atomic E-state index is 8.85. The van der Waals surface area contributed by atoms with E-state index in [1.165, 1.54) is 0 Å². The Morgan fingerprint density at radius 2 is 1.65 bits per heavy atom. The van der Waals surface area contributed by atoms with Gasteiger partial charge in [0.25, 0.3) is 0 Å². The third-order valence-electron chi connectivity index (χ3n) is 3.09. The van der Waals surface area contributed by atoms with Crippen LogP contribution in [0.1, 0.15) is 33.1 Å². The van der Waals surface area contributed by atoms with E-state index in [4.69, 9.17) is 21.4 Å². The molecule has 5 heteroatoms. The van der Waals surface area contributed by atoms with E-state index in [0.717, 1.165) is 25.8 Å². The number of hydrogen-bond acceptors (Lipinski definition) is 4. The van der Waals surface area contributed by atoms with Gasteiger partial charge in [0.2, 0.25) is 0 Å². The highest BCUT2D eigenvalue weighted by Crippen LogP contribution is 2.22. The number of nitrogens with two attached hydrogens (primary N) is 1. The zero-order chi connectivity index (χ0) is 13.3. The molecule has 0 aromatic rings. The number of unbranched alkanes of at least 4 members (excludes halogenated alkanes) is 1. The molecule has 0 saturated carbocycles. The molecule has 0 aliphatic rings. The highest BCUT2D eigenvalue weighted by Gasteiger charge is 2.20. The van der Waals surface area contributed by atoms with Gasteiger partial charge in [-0.3, -0.25) is 10.3 Å². The Bertz CT molecular complexity index is 214. The maximum Gasteiger partial charge on any atom is 0.0963 e. The molecule has 0 heterocycles. The number of nitrogens with one attached hydrogen (secondary N) is 1. The van der Waals surface area contributed by atoms with Crippen molar-refractivity contribution in [3.05, 3.63) is 0 Å². The summed E-state index contributed by atoms with van der Waals surface area (Å²) in [6, 6.07) is 0.